The molecule has 154 valence electrons. The first-order valence-corrected chi connectivity index (χ1v) is 10.1. The molecule has 1 unspecified atom stereocenters. The number of hydrogen-bond acceptors (Lipinski definition) is 6. The lowest BCUT2D eigenvalue weighted by molar-refractivity contribution is -0.115. The van der Waals surface area contributed by atoms with Gasteiger partial charge in [0.15, 0.2) is 10.9 Å². The summed E-state index contributed by atoms with van der Waals surface area (Å²) in [4.78, 5) is 39.2. The predicted molar refractivity (Wildman–Crippen MR) is 118 cm³/mol. The Labute approximate surface area is 177 Å². The quantitative estimate of drug-likeness (QED) is 0.524. The Morgan fingerprint density at radius 3 is 2.43 bits per heavy atom. The SMILES string of the molecule is CC(=O)Nc1c(C)cccc1-c1nnc(SC(C)C(=O)Nc2ccccc2)[nH]c1=O. The van der Waals surface area contributed by atoms with Crippen LogP contribution in [0, 0.1) is 6.92 Å². The van der Waals surface area contributed by atoms with Gasteiger partial charge in [-0.3, -0.25) is 19.4 Å². The molecule has 1 atom stereocenters. The molecule has 0 saturated carbocycles. The van der Waals surface area contributed by atoms with Gasteiger partial charge < -0.3 is 10.6 Å². The molecule has 0 fully saturated rings. The average Bonchev–Trinajstić information content (AvgIpc) is 2.70. The molecule has 30 heavy (non-hydrogen) atoms. The highest BCUT2D eigenvalue weighted by molar-refractivity contribution is 8.00. The van der Waals surface area contributed by atoms with Gasteiger partial charge in [0.25, 0.3) is 5.56 Å². The van der Waals surface area contributed by atoms with Crippen molar-refractivity contribution >= 4 is 35.0 Å². The average molecular weight is 423 g/mol. The molecule has 1 heterocycles. The smallest absolute Gasteiger partial charge is 0.278 e. The second kappa shape index (κ2) is 9.36. The molecule has 9 heteroatoms. The van der Waals surface area contributed by atoms with Crippen LogP contribution in [0.1, 0.15) is 19.4 Å². The summed E-state index contributed by atoms with van der Waals surface area (Å²) in [7, 11) is 0. The largest absolute Gasteiger partial charge is 0.325 e. The molecule has 0 aliphatic rings. The van der Waals surface area contributed by atoms with Gasteiger partial charge in [0, 0.05) is 18.2 Å². The molecule has 0 saturated heterocycles. The molecular formula is C21H21N5O3S. The van der Waals surface area contributed by atoms with E-state index in [2.05, 4.69) is 25.8 Å². The zero-order valence-corrected chi connectivity index (χ0v) is 17.5. The number of aryl methyl sites for hydroxylation is 1. The first-order valence-electron chi connectivity index (χ1n) is 9.22. The second-order valence-corrected chi connectivity index (χ2v) is 7.93. The Hall–Kier alpha value is -3.46. The molecule has 2 aromatic carbocycles. The number of para-hydroxylation sites is 2. The summed E-state index contributed by atoms with van der Waals surface area (Å²) in [5.74, 6) is -0.468. The Balaban J connectivity index is 1.79. The number of hydrogen-bond donors (Lipinski definition) is 3. The number of carbonyl (C=O) groups is 2. The molecule has 0 aliphatic carbocycles. The topological polar surface area (TPSA) is 117 Å². The Morgan fingerprint density at radius 2 is 1.77 bits per heavy atom. The number of H-pyrrole nitrogens is 1. The van der Waals surface area contributed by atoms with E-state index >= 15 is 0 Å². The first kappa shape index (κ1) is 21.3. The van der Waals surface area contributed by atoms with Crippen molar-refractivity contribution in [1.82, 2.24) is 15.2 Å². The van der Waals surface area contributed by atoms with Crippen LogP contribution < -0.4 is 16.2 Å². The minimum absolute atomic E-state index is 0.0909. The number of aromatic amines is 1. The molecular weight excluding hydrogens is 402 g/mol. The highest BCUT2D eigenvalue weighted by Crippen LogP contribution is 2.28. The fourth-order valence-corrected chi connectivity index (χ4v) is 3.49. The molecule has 1 aromatic heterocycles. The molecule has 0 aliphatic heterocycles. The third kappa shape index (κ3) is 5.12. The van der Waals surface area contributed by atoms with Gasteiger partial charge >= 0.3 is 0 Å². The second-order valence-electron chi connectivity index (χ2n) is 6.60. The fraction of sp³-hybridized carbons (Fsp3) is 0.190. The van der Waals surface area contributed by atoms with E-state index in [1.165, 1.54) is 6.92 Å². The molecule has 8 nitrogen and oxygen atoms in total. The van der Waals surface area contributed by atoms with Crippen molar-refractivity contribution < 1.29 is 9.59 Å². The minimum atomic E-state index is -0.505. The zero-order chi connectivity index (χ0) is 21.7. The van der Waals surface area contributed by atoms with Crippen LogP contribution in [0.5, 0.6) is 0 Å². The zero-order valence-electron chi connectivity index (χ0n) is 16.7. The summed E-state index contributed by atoms with van der Waals surface area (Å²) in [5.41, 5.74) is 2.11. The van der Waals surface area contributed by atoms with Crippen LogP contribution in [-0.4, -0.2) is 32.2 Å². The summed E-state index contributed by atoms with van der Waals surface area (Å²) in [6.07, 6.45) is 0. The molecule has 0 radical (unpaired) electrons. The normalized spacial score (nSPS) is 11.6. The molecule has 2 amide bonds. The Morgan fingerprint density at radius 1 is 1.03 bits per heavy atom. The number of thioether (sulfide) groups is 1. The number of nitrogens with one attached hydrogen (secondary N) is 3. The highest BCUT2D eigenvalue weighted by atomic mass is 32.2. The lowest BCUT2D eigenvalue weighted by Crippen LogP contribution is -2.23. The van der Waals surface area contributed by atoms with E-state index in [1.807, 2.05) is 31.2 Å². The maximum absolute atomic E-state index is 12.6. The third-order valence-corrected chi connectivity index (χ3v) is 5.18. The van der Waals surface area contributed by atoms with E-state index in [-0.39, 0.29) is 22.7 Å². The van der Waals surface area contributed by atoms with Gasteiger partial charge in [-0.15, -0.1) is 10.2 Å². The monoisotopic (exact) mass is 423 g/mol. The summed E-state index contributed by atoms with van der Waals surface area (Å²) in [6.45, 7) is 4.94. The summed E-state index contributed by atoms with van der Waals surface area (Å²) < 4.78 is 0. The molecule has 0 spiro atoms. The highest BCUT2D eigenvalue weighted by Gasteiger charge is 2.19. The lowest BCUT2D eigenvalue weighted by atomic mass is 10.1. The first-order chi connectivity index (χ1) is 14.3. The van der Waals surface area contributed by atoms with Gasteiger partial charge in [0.05, 0.1) is 10.9 Å². The van der Waals surface area contributed by atoms with Crippen molar-refractivity contribution in [3.63, 3.8) is 0 Å². The standard InChI is InChI=1S/C21H21N5O3S/c1-12-8-7-11-16(17(12)22-14(3)27)18-20(29)24-21(26-25-18)30-13(2)19(28)23-15-9-5-4-6-10-15/h4-11,13H,1-3H3,(H,22,27)(H,23,28)(H,24,26,29). The lowest BCUT2D eigenvalue weighted by Gasteiger charge is -2.13. The van der Waals surface area contributed by atoms with E-state index in [0.717, 1.165) is 17.3 Å². The Bertz CT molecular complexity index is 1130. The van der Waals surface area contributed by atoms with Gasteiger partial charge in [0.1, 0.15) is 0 Å². The third-order valence-electron chi connectivity index (χ3n) is 4.20. The van der Waals surface area contributed by atoms with Crippen molar-refractivity contribution in [3.05, 3.63) is 64.4 Å². The van der Waals surface area contributed by atoms with Crippen molar-refractivity contribution in [3.8, 4) is 11.3 Å². The number of benzene rings is 2. The van der Waals surface area contributed by atoms with E-state index in [0.29, 0.717) is 16.9 Å². The van der Waals surface area contributed by atoms with E-state index < -0.39 is 10.8 Å². The van der Waals surface area contributed by atoms with Crippen LogP contribution >= 0.6 is 11.8 Å². The maximum Gasteiger partial charge on any atom is 0.278 e. The molecule has 3 rings (SSSR count). The number of aromatic nitrogens is 3. The van der Waals surface area contributed by atoms with E-state index in [1.54, 1.807) is 31.2 Å². The van der Waals surface area contributed by atoms with Crippen molar-refractivity contribution in [2.24, 2.45) is 0 Å². The molecule has 3 N–H and O–H groups in total. The van der Waals surface area contributed by atoms with Crippen LogP contribution in [0.2, 0.25) is 0 Å². The van der Waals surface area contributed by atoms with E-state index in [9.17, 15) is 14.4 Å². The number of anilines is 2. The van der Waals surface area contributed by atoms with Crippen LogP contribution in [0.4, 0.5) is 11.4 Å². The molecule has 0 bridgehead atoms. The van der Waals surface area contributed by atoms with E-state index in [4.69, 9.17) is 0 Å². The van der Waals surface area contributed by atoms with Gasteiger partial charge in [-0.1, -0.05) is 48.2 Å². The van der Waals surface area contributed by atoms with Crippen molar-refractivity contribution in [2.75, 3.05) is 10.6 Å². The number of amides is 2. The van der Waals surface area contributed by atoms with Gasteiger partial charge in [-0.2, -0.15) is 0 Å². The van der Waals surface area contributed by atoms with Gasteiger partial charge in [-0.25, -0.2) is 0 Å². The van der Waals surface area contributed by atoms with Crippen LogP contribution in [0.25, 0.3) is 11.3 Å². The fourth-order valence-electron chi connectivity index (χ4n) is 2.74. The summed E-state index contributed by atoms with van der Waals surface area (Å²) >= 11 is 1.10. The summed E-state index contributed by atoms with van der Waals surface area (Å²) in [6, 6.07) is 14.4. The predicted octanol–water partition coefficient (Wildman–Crippen LogP) is 3.22. The maximum atomic E-state index is 12.6. The van der Waals surface area contributed by atoms with Crippen LogP contribution in [-0.2, 0) is 9.59 Å². The summed E-state index contributed by atoms with van der Waals surface area (Å²) in [5, 5.41) is 13.4. The molecule has 3 aromatic rings. The van der Waals surface area contributed by atoms with Crippen LogP contribution in [0.15, 0.2) is 58.5 Å². The number of nitrogens with zero attached hydrogens (tertiary/aromatic N) is 2. The number of carbonyl (C=O) groups excluding carboxylic acids is 2. The van der Waals surface area contributed by atoms with Crippen molar-refractivity contribution in [2.45, 2.75) is 31.2 Å². The van der Waals surface area contributed by atoms with Crippen molar-refractivity contribution in [1.29, 1.82) is 0 Å². The van der Waals surface area contributed by atoms with Crippen LogP contribution in [0.3, 0.4) is 0 Å². The number of rotatable bonds is 6. The Kier molecular flexibility index (Phi) is 6.63. The van der Waals surface area contributed by atoms with Gasteiger partial charge in [0.2, 0.25) is 11.8 Å². The minimum Gasteiger partial charge on any atom is -0.325 e. The van der Waals surface area contributed by atoms with Gasteiger partial charge in [-0.05, 0) is 31.5 Å².